The highest BCUT2D eigenvalue weighted by Gasteiger charge is 2.24. The molecule has 0 saturated carbocycles. The second-order valence-electron chi connectivity index (χ2n) is 6.61. The van der Waals surface area contributed by atoms with Crippen LogP contribution in [-0.2, 0) is 10.0 Å². The second-order valence-corrected chi connectivity index (χ2v) is 8.26. The Bertz CT molecular complexity index is 1400. The van der Waals surface area contributed by atoms with Crippen molar-refractivity contribution in [1.82, 2.24) is 0 Å². The Morgan fingerprint density at radius 2 is 1.53 bits per heavy atom. The summed E-state index contributed by atoms with van der Waals surface area (Å²) in [6, 6.07) is 13.6. The van der Waals surface area contributed by atoms with Crippen LogP contribution in [0.25, 0.3) is 0 Å². The van der Waals surface area contributed by atoms with E-state index in [4.69, 9.17) is 0 Å². The number of hydrogen-bond acceptors (Lipinski definition) is 9. The third-order valence-electron chi connectivity index (χ3n) is 4.37. The molecule has 13 nitrogen and oxygen atoms in total. The lowest BCUT2D eigenvalue weighted by atomic mass is 10.2. The molecular weight excluding hydrogens is 470 g/mol. The van der Waals surface area contributed by atoms with E-state index in [2.05, 4.69) is 15.2 Å². The highest BCUT2D eigenvalue weighted by Crippen LogP contribution is 2.29. The summed E-state index contributed by atoms with van der Waals surface area (Å²) < 4.78 is 28.2. The first-order valence-corrected chi connectivity index (χ1v) is 10.7. The first-order valence-electron chi connectivity index (χ1n) is 9.25. The first-order chi connectivity index (χ1) is 16.1. The first kappa shape index (κ1) is 23.8. The van der Waals surface area contributed by atoms with E-state index in [0.717, 1.165) is 18.2 Å². The molecule has 14 heteroatoms. The van der Waals surface area contributed by atoms with Gasteiger partial charge in [-0.1, -0.05) is 12.1 Å². The van der Waals surface area contributed by atoms with E-state index in [9.17, 15) is 38.5 Å². The predicted octanol–water partition coefficient (Wildman–Crippen LogP) is 3.45. The van der Waals surface area contributed by atoms with E-state index >= 15 is 0 Å². The number of nitrogens with zero attached hydrogens (tertiary/aromatic N) is 3. The third kappa shape index (κ3) is 5.49. The molecule has 0 atom stereocenters. The summed E-state index contributed by atoms with van der Waals surface area (Å²) in [5.74, 6) is -1.37. The van der Waals surface area contributed by atoms with Crippen LogP contribution in [0.2, 0.25) is 0 Å². The molecular formula is C20H15N5O8S. The van der Waals surface area contributed by atoms with Crippen molar-refractivity contribution in [3.63, 3.8) is 0 Å². The van der Waals surface area contributed by atoms with Crippen molar-refractivity contribution in [2.24, 2.45) is 5.10 Å². The van der Waals surface area contributed by atoms with E-state index in [1.165, 1.54) is 54.7 Å². The number of carboxylic acid groups (broad SMARTS) is 1. The summed E-state index contributed by atoms with van der Waals surface area (Å²) in [7, 11) is -4.50. The Morgan fingerprint density at radius 1 is 0.912 bits per heavy atom. The molecule has 0 fully saturated rings. The molecule has 0 unspecified atom stereocenters. The van der Waals surface area contributed by atoms with Crippen molar-refractivity contribution < 1.29 is 28.2 Å². The SMILES string of the molecule is O=C(O)c1ccccc1NS(=O)(=O)c1cc([N+](=O)[O-])ccc1NN=Cc1ccc([N+](=O)[O-])cc1. The van der Waals surface area contributed by atoms with Crippen LogP contribution in [0.5, 0.6) is 0 Å². The molecule has 0 amide bonds. The molecule has 3 aromatic carbocycles. The topological polar surface area (TPSA) is 194 Å². The van der Waals surface area contributed by atoms with Crippen molar-refractivity contribution in [3.8, 4) is 0 Å². The number of nitro benzene ring substituents is 2. The fourth-order valence-electron chi connectivity index (χ4n) is 2.76. The zero-order valence-electron chi connectivity index (χ0n) is 17.0. The van der Waals surface area contributed by atoms with Gasteiger partial charge in [0.25, 0.3) is 21.4 Å². The Balaban J connectivity index is 1.94. The van der Waals surface area contributed by atoms with Crippen molar-refractivity contribution in [1.29, 1.82) is 0 Å². The quantitative estimate of drug-likeness (QED) is 0.231. The summed E-state index contributed by atoms with van der Waals surface area (Å²) in [5.41, 5.74) is 1.60. The maximum Gasteiger partial charge on any atom is 0.337 e. The lowest BCUT2D eigenvalue weighted by molar-refractivity contribution is -0.385. The van der Waals surface area contributed by atoms with Crippen LogP contribution in [0.3, 0.4) is 0 Å². The summed E-state index contributed by atoms with van der Waals surface area (Å²) >= 11 is 0. The number of hydrogen-bond donors (Lipinski definition) is 3. The number of rotatable bonds is 9. The number of sulfonamides is 1. The minimum Gasteiger partial charge on any atom is -0.478 e. The summed E-state index contributed by atoms with van der Waals surface area (Å²) in [5, 5.41) is 35.1. The molecule has 0 spiro atoms. The summed E-state index contributed by atoms with van der Waals surface area (Å²) in [4.78, 5) is 31.4. The Morgan fingerprint density at radius 3 is 2.15 bits per heavy atom. The molecule has 0 saturated heterocycles. The molecule has 0 bridgehead atoms. The molecule has 0 aliphatic heterocycles. The molecule has 0 aromatic heterocycles. The largest absolute Gasteiger partial charge is 0.478 e. The average molecular weight is 485 g/mol. The monoisotopic (exact) mass is 485 g/mol. The normalized spacial score (nSPS) is 11.2. The summed E-state index contributed by atoms with van der Waals surface area (Å²) in [6.07, 6.45) is 1.26. The highest BCUT2D eigenvalue weighted by molar-refractivity contribution is 7.93. The van der Waals surface area contributed by atoms with Gasteiger partial charge in [0, 0.05) is 24.3 Å². The Labute approximate surface area is 191 Å². The lowest BCUT2D eigenvalue weighted by Gasteiger charge is -2.13. The molecule has 0 radical (unpaired) electrons. The molecule has 0 aliphatic rings. The molecule has 0 heterocycles. The van der Waals surface area contributed by atoms with Crippen LogP contribution in [0.4, 0.5) is 22.7 Å². The fraction of sp³-hybridized carbons (Fsp3) is 0. The Kier molecular flexibility index (Phi) is 6.82. The van der Waals surface area contributed by atoms with Crippen LogP contribution in [0, 0.1) is 20.2 Å². The van der Waals surface area contributed by atoms with Crippen molar-refractivity contribution >= 4 is 45.0 Å². The molecule has 3 N–H and O–H groups in total. The maximum atomic E-state index is 13.0. The van der Waals surface area contributed by atoms with E-state index < -0.39 is 36.4 Å². The fourth-order valence-corrected chi connectivity index (χ4v) is 4.01. The van der Waals surface area contributed by atoms with Crippen LogP contribution in [0.15, 0.2) is 76.7 Å². The number of benzene rings is 3. The number of hydrazone groups is 1. The van der Waals surface area contributed by atoms with Crippen molar-refractivity contribution in [3.05, 3.63) is 98.1 Å². The highest BCUT2D eigenvalue weighted by atomic mass is 32.2. The van der Waals surface area contributed by atoms with Gasteiger partial charge >= 0.3 is 5.97 Å². The molecule has 3 rings (SSSR count). The predicted molar refractivity (Wildman–Crippen MR) is 122 cm³/mol. The minimum atomic E-state index is -4.50. The number of aromatic carboxylic acids is 1. The zero-order chi connectivity index (χ0) is 24.9. The van der Waals surface area contributed by atoms with E-state index in [0.29, 0.717) is 5.56 Å². The second kappa shape index (κ2) is 9.74. The van der Waals surface area contributed by atoms with E-state index in [1.807, 2.05) is 0 Å². The standard InChI is InChI=1S/C20H15N5O8S/c26-20(27)16-3-1-2-4-17(16)23-34(32,33)19-11-15(25(30)31)9-10-18(19)22-21-12-13-5-7-14(8-6-13)24(28)29/h1-12,22-23H,(H,26,27). The van der Waals surface area contributed by atoms with Crippen molar-refractivity contribution in [2.45, 2.75) is 4.90 Å². The molecule has 0 aliphatic carbocycles. The zero-order valence-corrected chi connectivity index (χ0v) is 17.8. The molecule has 174 valence electrons. The summed E-state index contributed by atoms with van der Waals surface area (Å²) in [6.45, 7) is 0. The number of nitrogens with one attached hydrogen (secondary N) is 2. The van der Waals surface area contributed by atoms with Gasteiger partial charge in [-0.05, 0) is 35.9 Å². The minimum absolute atomic E-state index is 0.124. The van der Waals surface area contributed by atoms with Crippen molar-refractivity contribution in [2.75, 3.05) is 10.1 Å². The third-order valence-corrected chi connectivity index (χ3v) is 5.78. The van der Waals surface area contributed by atoms with Crippen LogP contribution in [-0.4, -0.2) is 35.6 Å². The van der Waals surface area contributed by atoms with Gasteiger partial charge in [0.15, 0.2) is 0 Å². The lowest BCUT2D eigenvalue weighted by Crippen LogP contribution is -2.17. The number of anilines is 2. The van der Waals surface area contributed by atoms with Gasteiger partial charge in [-0.3, -0.25) is 30.4 Å². The number of carboxylic acids is 1. The number of para-hydroxylation sites is 1. The van der Waals surface area contributed by atoms with Gasteiger partial charge in [0.2, 0.25) is 0 Å². The van der Waals surface area contributed by atoms with E-state index in [-0.39, 0.29) is 22.6 Å². The van der Waals surface area contributed by atoms with Crippen LogP contribution >= 0.6 is 0 Å². The molecule has 34 heavy (non-hydrogen) atoms. The van der Waals surface area contributed by atoms with E-state index in [1.54, 1.807) is 0 Å². The van der Waals surface area contributed by atoms with Gasteiger partial charge in [-0.25, -0.2) is 13.2 Å². The number of nitro groups is 2. The maximum absolute atomic E-state index is 13.0. The number of carbonyl (C=O) groups is 1. The van der Waals surface area contributed by atoms with Gasteiger partial charge in [0.1, 0.15) is 4.90 Å². The molecule has 3 aromatic rings. The van der Waals surface area contributed by atoms with Gasteiger partial charge in [0.05, 0.1) is 33.0 Å². The van der Waals surface area contributed by atoms with Gasteiger partial charge in [-0.15, -0.1) is 0 Å². The number of non-ortho nitro benzene ring substituents is 2. The average Bonchev–Trinajstić information content (AvgIpc) is 2.79. The van der Waals surface area contributed by atoms with Crippen LogP contribution < -0.4 is 10.1 Å². The smallest absolute Gasteiger partial charge is 0.337 e. The van der Waals surface area contributed by atoms with Gasteiger partial charge in [-0.2, -0.15) is 5.10 Å². The van der Waals surface area contributed by atoms with Gasteiger partial charge < -0.3 is 5.11 Å². The Hall–Kier alpha value is -4.85. The van der Waals surface area contributed by atoms with Crippen LogP contribution in [0.1, 0.15) is 15.9 Å².